The van der Waals surface area contributed by atoms with Gasteiger partial charge in [-0.25, -0.2) is 4.98 Å². The van der Waals surface area contributed by atoms with Crippen LogP contribution >= 0.6 is 11.3 Å². The molecule has 0 saturated heterocycles. The predicted molar refractivity (Wildman–Crippen MR) is 73.6 cm³/mol. The highest BCUT2D eigenvalue weighted by atomic mass is 32.1. The van der Waals surface area contributed by atoms with Crippen molar-refractivity contribution in [3.63, 3.8) is 0 Å². The highest BCUT2D eigenvalue weighted by Gasteiger charge is 2.06. The normalized spacial score (nSPS) is 10.4. The highest BCUT2D eigenvalue weighted by Crippen LogP contribution is 2.21. The van der Waals surface area contributed by atoms with E-state index in [4.69, 9.17) is 0 Å². The SMILES string of the molecule is CCn1cc(Nc2nc(CCC(=O)OC)cs2)cn1. The van der Waals surface area contributed by atoms with Crippen LogP contribution in [0, 0.1) is 0 Å². The topological polar surface area (TPSA) is 69.0 Å². The second kappa shape index (κ2) is 6.33. The van der Waals surface area contributed by atoms with Crippen molar-refractivity contribution in [2.24, 2.45) is 0 Å². The lowest BCUT2D eigenvalue weighted by Gasteiger charge is -1.98. The minimum atomic E-state index is -0.216. The number of aromatic nitrogens is 3. The Balaban J connectivity index is 1.91. The fourth-order valence-corrected chi connectivity index (χ4v) is 2.30. The summed E-state index contributed by atoms with van der Waals surface area (Å²) >= 11 is 1.51. The summed E-state index contributed by atoms with van der Waals surface area (Å²) in [4.78, 5) is 15.5. The van der Waals surface area contributed by atoms with Crippen LogP contribution in [0.3, 0.4) is 0 Å². The number of thiazole rings is 1. The third-order valence-corrected chi connectivity index (χ3v) is 3.38. The quantitative estimate of drug-likeness (QED) is 0.822. The summed E-state index contributed by atoms with van der Waals surface area (Å²) in [5, 5.41) is 10.1. The van der Waals surface area contributed by atoms with Gasteiger partial charge in [-0.2, -0.15) is 5.10 Å². The third kappa shape index (κ3) is 3.78. The molecule has 0 bridgehead atoms. The van der Waals surface area contributed by atoms with Gasteiger partial charge in [0, 0.05) is 24.5 Å². The monoisotopic (exact) mass is 280 g/mol. The summed E-state index contributed by atoms with van der Waals surface area (Å²) in [6, 6.07) is 0. The summed E-state index contributed by atoms with van der Waals surface area (Å²) in [5.74, 6) is -0.216. The van der Waals surface area contributed by atoms with Gasteiger partial charge in [-0.15, -0.1) is 11.3 Å². The van der Waals surface area contributed by atoms with Crippen molar-refractivity contribution >= 4 is 28.1 Å². The van der Waals surface area contributed by atoms with Gasteiger partial charge in [0.15, 0.2) is 5.13 Å². The van der Waals surface area contributed by atoms with E-state index in [9.17, 15) is 4.79 Å². The highest BCUT2D eigenvalue weighted by molar-refractivity contribution is 7.13. The molecule has 0 radical (unpaired) electrons. The molecule has 2 rings (SSSR count). The van der Waals surface area contributed by atoms with Crippen LogP contribution in [0.2, 0.25) is 0 Å². The van der Waals surface area contributed by atoms with Crippen LogP contribution in [-0.2, 0) is 22.5 Å². The van der Waals surface area contributed by atoms with Crippen molar-refractivity contribution < 1.29 is 9.53 Å². The van der Waals surface area contributed by atoms with Crippen LogP contribution < -0.4 is 5.32 Å². The fraction of sp³-hybridized carbons (Fsp3) is 0.417. The van der Waals surface area contributed by atoms with Crippen LogP contribution in [0.1, 0.15) is 19.0 Å². The number of aryl methyl sites for hydroxylation is 2. The number of hydrogen-bond acceptors (Lipinski definition) is 6. The number of nitrogens with one attached hydrogen (secondary N) is 1. The van der Waals surface area contributed by atoms with Crippen molar-refractivity contribution in [3.05, 3.63) is 23.5 Å². The average Bonchev–Trinajstić information content (AvgIpc) is 3.05. The van der Waals surface area contributed by atoms with E-state index in [0.29, 0.717) is 12.8 Å². The maximum atomic E-state index is 11.0. The first kappa shape index (κ1) is 13.5. The molecule has 0 aromatic carbocycles. The van der Waals surface area contributed by atoms with Crippen LogP contribution in [0.5, 0.6) is 0 Å². The van der Waals surface area contributed by atoms with Gasteiger partial charge in [0.1, 0.15) is 0 Å². The number of nitrogens with zero attached hydrogens (tertiary/aromatic N) is 3. The van der Waals surface area contributed by atoms with Gasteiger partial charge in [-0.05, 0) is 6.92 Å². The van der Waals surface area contributed by atoms with Gasteiger partial charge in [0.25, 0.3) is 0 Å². The molecular weight excluding hydrogens is 264 g/mol. The molecule has 2 aromatic heterocycles. The van der Waals surface area contributed by atoms with E-state index in [2.05, 4.69) is 20.1 Å². The predicted octanol–water partition coefficient (Wildman–Crippen LogP) is 2.21. The number of anilines is 2. The van der Waals surface area contributed by atoms with Crippen molar-refractivity contribution in [1.29, 1.82) is 0 Å². The molecule has 0 amide bonds. The second-order valence-corrected chi connectivity index (χ2v) is 4.79. The molecule has 19 heavy (non-hydrogen) atoms. The van der Waals surface area contributed by atoms with E-state index < -0.39 is 0 Å². The number of esters is 1. The molecule has 7 heteroatoms. The standard InChI is InChI=1S/C12H16N4O2S/c1-3-16-7-10(6-13-16)15-12-14-9(8-19-12)4-5-11(17)18-2/h6-8H,3-5H2,1-2H3,(H,14,15). The Morgan fingerprint density at radius 1 is 1.58 bits per heavy atom. The molecule has 2 heterocycles. The first-order valence-corrected chi connectivity index (χ1v) is 6.90. The van der Waals surface area contributed by atoms with Crippen molar-refractivity contribution in [2.75, 3.05) is 12.4 Å². The molecular formula is C12H16N4O2S. The number of carbonyl (C=O) groups is 1. The van der Waals surface area contributed by atoms with Gasteiger partial charge in [-0.3, -0.25) is 9.48 Å². The zero-order chi connectivity index (χ0) is 13.7. The number of rotatable bonds is 6. The number of ether oxygens (including phenoxy) is 1. The molecule has 0 saturated carbocycles. The average molecular weight is 280 g/mol. The molecule has 1 N–H and O–H groups in total. The summed E-state index contributed by atoms with van der Waals surface area (Å²) in [7, 11) is 1.39. The molecule has 2 aromatic rings. The molecule has 6 nitrogen and oxygen atoms in total. The molecule has 0 atom stereocenters. The van der Waals surface area contributed by atoms with Crippen LogP contribution in [0.25, 0.3) is 0 Å². The van der Waals surface area contributed by atoms with Gasteiger partial charge in [0.05, 0.1) is 31.1 Å². The smallest absolute Gasteiger partial charge is 0.305 e. The Hall–Kier alpha value is -1.89. The molecule has 0 spiro atoms. The van der Waals surface area contributed by atoms with E-state index in [1.165, 1.54) is 18.4 Å². The van der Waals surface area contributed by atoms with Crippen molar-refractivity contribution in [2.45, 2.75) is 26.3 Å². The largest absolute Gasteiger partial charge is 0.469 e. The second-order valence-electron chi connectivity index (χ2n) is 3.93. The van der Waals surface area contributed by atoms with Gasteiger partial charge >= 0.3 is 5.97 Å². The molecule has 0 fully saturated rings. The zero-order valence-corrected chi connectivity index (χ0v) is 11.7. The van der Waals surface area contributed by atoms with E-state index in [-0.39, 0.29) is 5.97 Å². The summed E-state index contributed by atoms with van der Waals surface area (Å²) in [6.07, 6.45) is 4.64. The van der Waals surface area contributed by atoms with Gasteiger partial charge < -0.3 is 10.1 Å². The summed E-state index contributed by atoms with van der Waals surface area (Å²) in [5.41, 5.74) is 1.80. The number of carbonyl (C=O) groups excluding carboxylic acids is 1. The molecule has 102 valence electrons. The van der Waals surface area contributed by atoms with Crippen LogP contribution in [0.15, 0.2) is 17.8 Å². The van der Waals surface area contributed by atoms with Crippen molar-refractivity contribution in [3.8, 4) is 0 Å². The molecule has 0 unspecified atom stereocenters. The minimum absolute atomic E-state index is 0.216. The third-order valence-electron chi connectivity index (χ3n) is 2.57. The maximum Gasteiger partial charge on any atom is 0.305 e. The van der Waals surface area contributed by atoms with E-state index in [1.54, 1.807) is 6.20 Å². The Morgan fingerprint density at radius 3 is 3.11 bits per heavy atom. The lowest BCUT2D eigenvalue weighted by atomic mass is 10.2. The first-order valence-electron chi connectivity index (χ1n) is 6.02. The minimum Gasteiger partial charge on any atom is -0.469 e. The number of methoxy groups -OCH3 is 1. The Morgan fingerprint density at radius 2 is 2.42 bits per heavy atom. The Kier molecular flexibility index (Phi) is 4.51. The van der Waals surface area contributed by atoms with Crippen molar-refractivity contribution in [1.82, 2.24) is 14.8 Å². The van der Waals surface area contributed by atoms with Gasteiger partial charge in [-0.1, -0.05) is 0 Å². The van der Waals surface area contributed by atoms with Gasteiger partial charge in [0.2, 0.25) is 0 Å². The van der Waals surface area contributed by atoms with E-state index >= 15 is 0 Å². The molecule has 0 aliphatic carbocycles. The van der Waals surface area contributed by atoms with Crippen LogP contribution in [0.4, 0.5) is 10.8 Å². The molecule has 0 aliphatic rings. The molecule has 0 aliphatic heterocycles. The summed E-state index contributed by atoms with van der Waals surface area (Å²) in [6.45, 7) is 2.87. The van der Waals surface area contributed by atoms with E-state index in [1.807, 2.05) is 23.2 Å². The lowest BCUT2D eigenvalue weighted by Crippen LogP contribution is -2.02. The summed E-state index contributed by atoms with van der Waals surface area (Å²) < 4.78 is 6.44. The zero-order valence-electron chi connectivity index (χ0n) is 10.9. The fourth-order valence-electron chi connectivity index (χ4n) is 1.54. The lowest BCUT2D eigenvalue weighted by molar-refractivity contribution is -0.140. The maximum absolute atomic E-state index is 11.0. The first-order chi connectivity index (χ1) is 9.21. The Labute approximate surface area is 115 Å². The number of hydrogen-bond donors (Lipinski definition) is 1. The van der Waals surface area contributed by atoms with E-state index in [0.717, 1.165) is 23.1 Å². The Bertz CT molecular complexity index is 549. The van der Waals surface area contributed by atoms with Crippen LogP contribution in [-0.4, -0.2) is 27.8 Å².